The molecule has 1 aliphatic heterocycles. The maximum atomic E-state index is 13.2. The summed E-state index contributed by atoms with van der Waals surface area (Å²) in [4.78, 5) is 15.6. The van der Waals surface area contributed by atoms with Crippen LogP contribution in [0.5, 0.6) is 5.75 Å². The summed E-state index contributed by atoms with van der Waals surface area (Å²) in [5, 5.41) is 3.38. The van der Waals surface area contributed by atoms with Crippen molar-refractivity contribution in [3.8, 4) is 5.75 Å². The highest BCUT2D eigenvalue weighted by Gasteiger charge is 2.43. The van der Waals surface area contributed by atoms with E-state index in [4.69, 9.17) is 4.74 Å². The van der Waals surface area contributed by atoms with Crippen LogP contribution in [-0.4, -0.2) is 43.6 Å². The van der Waals surface area contributed by atoms with Gasteiger partial charge in [0.15, 0.2) is 0 Å². The molecule has 0 atom stereocenters. The average molecular weight is 330 g/mol. The zero-order valence-corrected chi connectivity index (χ0v) is 15.0. The summed E-state index contributed by atoms with van der Waals surface area (Å²) in [7, 11) is 1.68. The van der Waals surface area contributed by atoms with Crippen molar-refractivity contribution in [3.63, 3.8) is 0 Å². The Morgan fingerprint density at radius 2 is 1.83 bits per heavy atom. The van der Waals surface area contributed by atoms with E-state index in [1.807, 2.05) is 12.1 Å². The molecule has 132 valence electrons. The number of methoxy groups -OCH3 is 1. The fourth-order valence-corrected chi connectivity index (χ4v) is 4.25. The Bertz CT molecular complexity index is 541. The molecule has 1 aromatic rings. The van der Waals surface area contributed by atoms with Gasteiger partial charge in [0.2, 0.25) is 5.91 Å². The largest absolute Gasteiger partial charge is 0.497 e. The number of carbonyl (C=O) groups is 1. The van der Waals surface area contributed by atoms with Gasteiger partial charge in [-0.2, -0.15) is 0 Å². The lowest BCUT2D eigenvalue weighted by Gasteiger charge is -2.35. The predicted molar refractivity (Wildman–Crippen MR) is 96.4 cm³/mol. The first-order valence-electron chi connectivity index (χ1n) is 9.36. The summed E-state index contributed by atoms with van der Waals surface area (Å²) in [6, 6.07) is 8.42. The number of carbonyl (C=O) groups excluding carboxylic acids is 1. The average Bonchev–Trinajstić information content (AvgIpc) is 3.13. The fourth-order valence-electron chi connectivity index (χ4n) is 4.25. The van der Waals surface area contributed by atoms with Gasteiger partial charge in [0.05, 0.1) is 12.5 Å². The molecule has 1 heterocycles. The first-order valence-corrected chi connectivity index (χ1v) is 9.36. The summed E-state index contributed by atoms with van der Waals surface area (Å²) < 4.78 is 5.26. The minimum absolute atomic E-state index is 0.236. The number of rotatable bonds is 5. The Labute approximate surface area is 145 Å². The maximum absolute atomic E-state index is 13.2. The van der Waals surface area contributed by atoms with Gasteiger partial charge in [-0.25, -0.2) is 0 Å². The van der Waals surface area contributed by atoms with E-state index in [9.17, 15) is 4.79 Å². The van der Waals surface area contributed by atoms with Crippen molar-refractivity contribution in [2.45, 2.75) is 56.9 Å². The second-order valence-electron chi connectivity index (χ2n) is 7.20. The van der Waals surface area contributed by atoms with E-state index in [0.717, 1.165) is 69.5 Å². The van der Waals surface area contributed by atoms with Gasteiger partial charge < -0.3 is 15.0 Å². The Kier molecular flexibility index (Phi) is 5.44. The molecular weight excluding hydrogens is 300 g/mol. The summed E-state index contributed by atoms with van der Waals surface area (Å²) >= 11 is 0. The van der Waals surface area contributed by atoms with Gasteiger partial charge in [-0.3, -0.25) is 4.79 Å². The van der Waals surface area contributed by atoms with Gasteiger partial charge in [-0.05, 0) is 49.9 Å². The van der Waals surface area contributed by atoms with E-state index in [0.29, 0.717) is 6.04 Å². The number of hydrogen-bond acceptors (Lipinski definition) is 3. The number of nitrogens with one attached hydrogen (secondary N) is 1. The zero-order chi connectivity index (χ0) is 17.0. The lowest BCUT2D eigenvalue weighted by molar-refractivity contribution is -0.127. The molecule has 0 radical (unpaired) electrons. The molecule has 1 aromatic carbocycles. The summed E-state index contributed by atoms with van der Waals surface area (Å²) in [5.74, 6) is 1.08. The Balaban J connectivity index is 1.71. The second-order valence-corrected chi connectivity index (χ2v) is 7.20. The Hall–Kier alpha value is -1.55. The highest BCUT2D eigenvalue weighted by atomic mass is 16.5. The van der Waals surface area contributed by atoms with E-state index in [-0.39, 0.29) is 11.3 Å². The maximum Gasteiger partial charge on any atom is 0.230 e. The normalized spacial score (nSPS) is 21.6. The molecule has 0 unspecified atom stereocenters. The van der Waals surface area contributed by atoms with Crippen LogP contribution in [0.2, 0.25) is 0 Å². The molecule has 1 aliphatic carbocycles. The van der Waals surface area contributed by atoms with Gasteiger partial charge in [0.25, 0.3) is 0 Å². The van der Waals surface area contributed by atoms with Gasteiger partial charge >= 0.3 is 0 Å². The van der Waals surface area contributed by atoms with E-state index in [2.05, 4.69) is 29.3 Å². The molecule has 0 spiro atoms. The molecule has 24 heavy (non-hydrogen) atoms. The summed E-state index contributed by atoms with van der Waals surface area (Å²) in [6.07, 6.45) is 6.32. The topological polar surface area (TPSA) is 41.6 Å². The quantitative estimate of drug-likeness (QED) is 0.902. The molecule has 4 nitrogen and oxygen atoms in total. The first kappa shape index (κ1) is 17.3. The molecule has 0 bridgehead atoms. The van der Waals surface area contributed by atoms with Crippen LogP contribution in [0.4, 0.5) is 0 Å². The fraction of sp³-hybridized carbons (Fsp3) is 0.650. The highest BCUT2D eigenvalue weighted by Crippen LogP contribution is 2.42. The van der Waals surface area contributed by atoms with Crippen molar-refractivity contribution in [1.29, 1.82) is 0 Å². The van der Waals surface area contributed by atoms with E-state index in [1.165, 1.54) is 0 Å². The number of likely N-dealkylation sites (tertiary alicyclic amines) is 1. The van der Waals surface area contributed by atoms with Crippen LogP contribution in [0.1, 0.15) is 51.0 Å². The van der Waals surface area contributed by atoms with Crippen LogP contribution >= 0.6 is 0 Å². The van der Waals surface area contributed by atoms with Crippen LogP contribution in [-0.2, 0) is 10.2 Å². The molecule has 0 aromatic heterocycles. The molecule has 1 saturated carbocycles. The third-order valence-electron chi connectivity index (χ3n) is 5.90. The molecule has 1 N–H and O–H groups in total. The van der Waals surface area contributed by atoms with Gasteiger partial charge in [-0.15, -0.1) is 0 Å². The number of amides is 1. The van der Waals surface area contributed by atoms with Crippen molar-refractivity contribution < 1.29 is 9.53 Å². The third kappa shape index (κ3) is 3.44. The van der Waals surface area contributed by atoms with Crippen LogP contribution in [0, 0.1) is 0 Å². The van der Waals surface area contributed by atoms with Crippen LogP contribution < -0.4 is 10.1 Å². The van der Waals surface area contributed by atoms with Crippen molar-refractivity contribution in [2.24, 2.45) is 0 Å². The number of ether oxygens (including phenoxy) is 1. The number of hydrogen-bond donors (Lipinski definition) is 1. The molecule has 2 fully saturated rings. The van der Waals surface area contributed by atoms with Crippen molar-refractivity contribution in [1.82, 2.24) is 10.2 Å². The second kappa shape index (κ2) is 7.56. The van der Waals surface area contributed by atoms with Crippen molar-refractivity contribution >= 4 is 5.91 Å². The van der Waals surface area contributed by atoms with Crippen LogP contribution in [0.15, 0.2) is 24.3 Å². The van der Waals surface area contributed by atoms with Crippen molar-refractivity contribution in [3.05, 3.63) is 29.8 Å². The lowest BCUT2D eigenvalue weighted by Crippen LogP contribution is -2.50. The summed E-state index contributed by atoms with van der Waals surface area (Å²) in [6.45, 7) is 5.50. The molecule has 3 rings (SSSR count). The van der Waals surface area contributed by atoms with Gasteiger partial charge in [0.1, 0.15) is 5.75 Å². The molecule has 2 aliphatic rings. The minimum atomic E-state index is -0.339. The Morgan fingerprint density at radius 1 is 1.21 bits per heavy atom. The van der Waals surface area contributed by atoms with Crippen LogP contribution in [0.25, 0.3) is 0 Å². The van der Waals surface area contributed by atoms with Crippen LogP contribution in [0.3, 0.4) is 0 Å². The van der Waals surface area contributed by atoms with Gasteiger partial charge in [0, 0.05) is 19.1 Å². The first-order chi connectivity index (χ1) is 11.7. The smallest absolute Gasteiger partial charge is 0.230 e. The van der Waals surface area contributed by atoms with Gasteiger partial charge in [-0.1, -0.05) is 31.9 Å². The molecule has 1 amide bonds. The highest BCUT2D eigenvalue weighted by molar-refractivity contribution is 5.88. The van der Waals surface area contributed by atoms with E-state index in [1.54, 1.807) is 7.11 Å². The zero-order valence-electron chi connectivity index (χ0n) is 15.0. The summed E-state index contributed by atoms with van der Waals surface area (Å²) in [5.41, 5.74) is 0.804. The molecular formula is C20H30N2O2. The lowest BCUT2D eigenvalue weighted by atomic mass is 9.77. The van der Waals surface area contributed by atoms with E-state index < -0.39 is 0 Å². The molecule has 1 saturated heterocycles. The number of benzene rings is 1. The van der Waals surface area contributed by atoms with Crippen molar-refractivity contribution in [2.75, 3.05) is 26.7 Å². The SMILES string of the molecule is CCN1CCC(NC(=O)C2(c3ccc(OC)cc3)CCCC2)CC1. The minimum Gasteiger partial charge on any atom is -0.497 e. The molecule has 4 heteroatoms. The predicted octanol–water partition coefficient (Wildman–Crippen LogP) is 3.11. The Morgan fingerprint density at radius 3 is 2.38 bits per heavy atom. The monoisotopic (exact) mass is 330 g/mol. The third-order valence-corrected chi connectivity index (χ3v) is 5.90. The van der Waals surface area contributed by atoms with E-state index >= 15 is 0 Å². The standard InChI is InChI=1S/C20H30N2O2/c1-3-22-14-10-17(11-15-22)21-19(23)20(12-4-5-13-20)16-6-8-18(24-2)9-7-16/h6-9,17H,3-5,10-15H2,1-2H3,(H,21,23). The number of piperidine rings is 1. The number of nitrogens with zero attached hydrogens (tertiary/aromatic N) is 1.